The zero-order valence-corrected chi connectivity index (χ0v) is 17.2. The third kappa shape index (κ3) is 3.45. The van der Waals surface area contributed by atoms with Crippen LogP contribution in [0, 0.1) is 13.8 Å². The number of aryl methyl sites for hydroxylation is 1. The fraction of sp³-hybridized carbons (Fsp3) is 0.474. The molecule has 1 aliphatic rings. The molecule has 2 amide bonds. The molecule has 2 aromatic rings. The van der Waals surface area contributed by atoms with Crippen LogP contribution in [-0.2, 0) is 9.84 Å². The molecule has 0 aliphatic heterocycles. The monoisotopic (exact) mass is 390 g/mol. The van der Waals surface area contributed by atoms with Gasteiger partial charge in [-0.05, 0) is 45.7 Å². The Morgan fingerprint density at radius 2 is 1.85 bits per heavy atom. The van der Waals surface area contributed by atoms with Crippen LogP contribution in [0.2, 0.25) is 0 Å². The van der Waals surface area contributed by atoms with Gasteiger partial charge in [0.2, 0.25) is 0 Å². The number of carbonyl (C=O) groups excluding carboxylic acids is 1. The van der Waals surface area contributed by atoms with Crippen LogP contribution >= 0.6 is 0 Å². The van der Waals surface area contributed by atoms with Gasteiger partial charge in [0.25, 0.3) is 0 Å². The number of amides is 2. The molecule has 8 heteroatoms. The van der Waals surface area contributed by atoms with Crippen molar-refractivity contribution < 1.29 is 13.2 Å². The summed E-state index contributed by atoms with van der Waals surface area (Å²) in [5.74, 6) is 0. The highest BCUT2D eigenvalue weighted by atomic mass is 32.2. The fourth-order valence-corrected chi connectivity index (χ4v) is 5.05. The van der Waals surface area contributed by atoms with E-state index in [1.165, 1.54) is 11.2 Å². The van der Waals surface area contributed by atoms with Crippen LogP contribution in [0.5, 0.6) is 0 Å². The van der Waals surface area contributed by atoms with Gasteiger partial charge in [0.05, 0.1) is 28.0 Å². The lowest BCUT2D eigenvalue weighted by atomic mass is 10.2. The Balaban J connectivity index is 1.76. The molecule has 1 aromatic heterocycles. The molecule has 146 valence electrons. The molecule has 1 aliphatic carbocycles. The second kappa shape index (κ2) is 6.67. The topological polar surface area (TPSA) is 84.3 Å². The summed E-state index contributed by atoms with van der Waals surface area (Å²) in [5.41, 5.74) is 3.48. The highest BCUT2D eigenvalue weighted by molar-refractivity contribution is 7.92. The summed E-state index contributed by atoms with van der Waals surface area (Å²) in [6.45, 7) is 5.69. The zero-order valence-electron chi connectivity index (χ0n) is 16.4. The van der Waals surface area contributed by atoms with Gasteiger partial charge in [-0.3, -0.25) is 0 Å². The summed E-state index contributed by atoms with van der Waals surface area (Å²) in [6, 6.07) is 7.20. The SMILES string of the molecule is Cc1ccc(-n2ncc(NC(=O)N(C)C(C)C3(S(C)(=O)=O)CC3)c2C)cc1. The van der Waals surface area contributed by atoms with Crippen molar-refractivity contribution in [3.8, 4) is 5.69 Å². The number of nitrogens with one attached hydrogen (secondary N) is 1. The number of anilines is 1. The van der Waals surface area contributed by atoms with Crippen LogP contribution in [0.15, 0.2) is 30.5 Å². The van der Waals surface area contributed by atoms with Crippen LogP contribution in [0.25, 0.3) is 5.69 Å². The van der Waals surface area contributed by atoms with E-state index in [2.05, 4.69) is 10.4 Å². The quantitative estimate of drug-likeness (QED) is 0.851. The maximum absolute atomic E-state index is 12.7. The number of nitrogens with zero attached hydrogens (tertiary/aromatic N) is 3. The first-order chi connectivity index (χ1) is 12.6. The highest BCUT2D eigenvalue weighted by Crippen LogP contribution is 2.47. The molecule has 7 nitrogen and oxygen atoms in total. The Hall–Kier alpha value is -2.35. The van der Waals surface area contributed by atoms with E-state index >= 15 is 0 Å². The van der Waals surface area contributed by atoms with Crippen LogP contribution < -0.4 is 5.32 Å². The number of urea groups is 1. The molecule has 0 radical (unpaired) electrons. The van der Waals surface area contributed by atoms with E-state index in [1.54, 1.807) is 24.9 Å². The van der Waals surface area contributed by atoms with Crippen molar-refractivity contribution in [2.75, 3.05) is 18.6 Å². The van der Waals surface area contributed by atoms with Gasteiger partial charge in [-0.15, -0.1) is 0 Å². The Morgan fingerprint density at radius 3 is 2.37 bits per heavy atom. The number of sulfone groups is 1. The molecular formula is C19H26N4O3S. The van der Waals surface area contributed by atoms with E-state index in [4.69, 9.17) is 0 Å². The minimum Gasteiger partial charge on any atom is -0.323 e. The molecule has 27 heavy (non-hydrogen) atoms. The highest BCUT2D eigenvalue weighted by Gasteiger charge is 2.57. The Morgan fingerprint density at radius 1 is 1.26 bits per heavy atom. The van der Waals surface area contributed by atoms with Gasteiger partial charge in [0, 0.05) is 19.3 Å². The first-order valence-corrected chi connectivity index (χ1v) is 10.8. The van der Waals surface area contributed by atoms with E-state index in [9.17, 15) is 13.2 Å². The summed E-state index contributed by atoms with van der Waals surface area (Å²) in [5, 5.41) is 7.21. The first-order valence-electron chi connectivity index (χ1n) is 8.92. The summed E-state index contributed by atoms with van der Waals surface area (Å²) in [4.78, 5) is 14.1. The van der Waals surface area contributed by atoms with Crippen LogP contribution in [0.1, 0.15) is 31.0 Å². The third-order valence-corrected chi connectivity index (χ3v) is 7.90. The van der Waals surface area contributed by atoms with Gasteiger partial charge < -0.3 is 10.2 Å². The molecule has 1 N–H and O–H groups in total. The van der Waals surface area contributed by atoms with Gasteiger partial charge in [-0.2, -0.15) is 5.10 Å². The van der Waals surface area contributed by atoms with Crippen molar-refractivity contribution in [1.82, 2.24) is 14.7 Å². The average molecular weight is 391 g/mol. The van der Waals surface area contributed by atoms with E-state index in [0.717, 1.165) is 16.9 Å². The standard InChI is InChI=1S/C19H26N4O3S/c1-13-6-8-16(9-7-13)23-14(2)17(12-20-23)21-18(24)22(4)15(3)19(10-11-19)27(5,25)26/h6-9,12,15H,10-11H2,1-5H3,(H,21,24). The van der Waals surface area contributed by atoms with Gasteiger partial charge in [0.15, 0.2) is 9.84 Å². The Labute approximate surface area is 160 Å². The first kappa shape index (κ1) is 19.4. The van der Waals surface area contributed by atoms with Crippen molar-refractivity contribution >= 4 is 21.6 Å². The second-order valence-electron chi connectivity index (χ2n) is 7.44. The fourth-order valence-electron chi connectivity index (χ4n) is 3.43. The molecule has 1 fully saturated rings. The van der Waals surface area contributed by atoms with Crippen LogP contribution in [0.3, 0.4) is 0 Å². The summed E-state index contributed by atoms with van der Waals surface area (Å²) >= 11 is 0. The number of benzene rings is 1. The number of rotatable bonds is 5. The Bertz CT molecular complexity index is 959. The smallest absolute Gasteiger partial charge is 0.321 e. The van der Waals surface area contributed by atoms with E-state index in [-0.39, 0.29) is 6.03 Å². The van der Waals surface area contributed by atoms with E-state index in [0.29, 0.717) is 18.5 Å². The minimum absolute atomic E-state index is 0.344. The molecule has 1 unspecified atom stereocenters. The van der Waals surface area contributed by atoms with Crippen molar-refractivity contribution in [2.24, 2.45) is 0 Å². The zero-order chi connectivity index (χ0) is 20.0. The lowest BCUT2D eigenvalue weighted by Crippen LogP contribution is -2.48. The molecule has 0 bridgehead atoms. The minimum atomic E-state index is -3.22. The molecular weight excluding hydrogens is 364 g/mol. The van der Waals surface area contributed by atoms with Crippen molar-refractivity contribution in [1.29, 1.82) is 0 Å². The maximum Gasteiger partial charge on any atom is 0.321 e. The normalized spacial score (nSPS) is 16.6. The largest absolute Gasteiger partial charge is 0.323 e. The van der Waals surface area contributed by atoms with Gasteiger partial charge >= 0.3 is 6.03 Å². The molecule has 1 saturated carbocycles. The molecule has 1 heterocycles. The molecule has 1 atom stereocenters. The Kier molecular flexibility index (Phi) is 4.80. The van der Waals surface area contributed by atoms with Crippen molar-refractivity contribution in [3.05, 3.63) is 41.7 Å². The predicted molar refractivity (Wildman–Crippen MR) is 106 cm³/mol. The molecule has 3 rings (SSSR count). The van der Waals surface area contributed by atoms with E-state index < -0.39 is 20.6 Å². The number of hydrogen-bond donors (Lipinski definition) is 1. The lowest BCUT2D eigenvalue weighted by Gasteiger charge is -2.31. The van der Waals surface area contributed by atoms with Crippen LogP contribution in [-0.4, -0.2) is 53.2 Å². The molecule has 1 aromatic carbocycles. The van der Waals surface area contributed by atoms with E-state index in [1.807, 2.05) is 38.1 Å². The van der Waals surface area contributed by atoms with Gasteiger partial charge in [0.1, 0.15) is 0 Å². The number of carbonyl (C=O) groups is 1. The third-order valence-electron chi connectivity index (χ3n) is 5.67. The average Bonchev–Trinajstić information content (AvgIpc) is 3.36. The van der Waals surface area contributed by atoms with Gasteiger partial charge in [-0.1, -0.05) is 17.7 Å². The lowest BCUT2D eigenvalue weighted by molar-refractivity contribution is 0.204. The second-order valence-corrected chi connectivity index (χ2v) is 9.80. The van der Waals surface area contributed by atoms with Gasteiger partial charge in [-0.25, -0.2) is 17.9 Å². The van der Waals surface area contributed by atoms with Crippen LogP contribution in [0.4, 0.5) is 10.5 Å². The predicted octanol–water partition coefficient (Wildman–Crippen LogP) is 2.92. The summed E-state index contributed by atoms with van der Waals surface area (Å²) in [6.07, 6.45) is 4.04. The summed E-state index contributed by atoms with van der Waals surface area (Å²) < 4.78 is 25.2. The molecule has 0 spiro atoms. The maximum atomic E-state index is 12.7. The molecule has 0 saturated heterocycles. The van der Waals surface area contributed by atoms with Crippen molar-refractivity contribution in [2.45, 2.75) is 44.4 Å². The summed E-state index contributed by atoms with van der Waals surface area (Å²) in [7, 11) is -1.59. The van der Waals surface area contributed by atoms with Crippen molar-refractivity contribution in [3.63, 3.8) is 0 Å². The number of aromatic nitrogens is 2. The number of hydrogen-bond acceptors (Lipinski definition) is 4.